The molecule has 2 atom stereocenters. The molecule has 1 aliphatic carbocycles. The highest BCUT2D eigenvalue weighted by Crippen LogP contribution is 2.45. The highest BCUT2D eigenvalue weighted by Gasteiger charge is 2.42. The maximum absolute atomic E-state index is 10.7. The SMILES string of the molecule is OC(c1cc2ccccc2o1)C1CCOC2(CCCC2)C1. The van der Waals surface area contributed by atoms with E-state index in [1.807, 2.05) is 30.3 Å². The van der Waals surface area contributed by atoms with Gasteiger partial charge < -0.3 is 14.3 Å². The first-order valence-electron chi connectivity index (χ1n) is 8.06. The molecule has 0 radical (unpaired) electrons. The van der Waals surface area contributed by atoms with Crippen molar-refractivity contribution in [2.45, 2.75) is 50.2 Å². The smallest absolute Gasteiger partial charge is 0.134 e. The van der Waals surface area contributed by atoms with E-state index in [-0.39, 0.29) is 11.5 Å². The first kappa shape index (κ1) is 13.4. The molecule has 2 unspecified atom stereocenters. The fraction of sp³-hybridized carbons (Fsp3) is 0.556. The third-order valence-corrected chi connectivity index (χ3v) is 5.23. The van der Waals surface area contributed by atoms with Crippen LogP contribution in [-0.2, 0) is 4.74 Å². The molecule has 2 aromatic rings. The molecule has 3 heteroatoms. The van der Waals surface area contributed by atoms with E-state index in [0.29, 0.717) is 5.76 Å². The van der Waals surface area contributed by atoms with Crippen molar-refractivity contribution in [2.75, 3.05) is 6.61 Å². The zero-order valence-electron chi connectivity index (χ0n) is 12.3. The Balaban J connectivity index is 1.57. The van der Waals surface area contributed by atoms with Gasteiger partial charge in [-0.2, -0.15) is 0 Å². The van der Waals surface area contributed by atoms with E-state index in [4.69, 9.17) is 9.15 Å². The normalized spacial score (nSPS) is 26.4. The van der Waals surface area contributed by atoms with Crippen LogP contribution in [0, 0.1) is 5.92 Å². The zero-order chi connectivity index (χ0) is 14.3. The number of aliphatic hydroxyl groups excluding tert-OH is 1. The number of benzene rings is 1. The summed E-state index contributed by atoms with van der Waals surface area (Å²) in [6.07, 6.45) is 6.18. The van der Waals surface area contributed by atoms with Crippen LogP contribution in [0.1, 0.15) is 50.4 Å². The van der Waals surface area contributed by atoms with Gasteiger partial charge in [0.05, 0.1) is 5.60 Å². The number of rotatable bonds is 2. The predicted octanol–water partition coefficient (Wildman–Crippen LogP) is 4.21. The van der Waals surface area contributed by atoms with Crippen molar-refractivity contribution in [3.8, 4) is 0 Å². The third kappa shape index (κ3) is 2.39. The summed E-state index contributed by atoms with van der Waals surface area (Å²) in [4.78, 5) is 0. The van der Waals surface area contributed by atoms with Gasteiger partial charge in [-0.15, -0.1) is 0 Å². The molecule has 1 spiro atoms. The lowest BCUT2D eigenvalue weighted by molar-refractivity contribution is -0.115. The molecule has 4 rings (SSSR count). The molecule has 0 bridgehead atoms. The summed E-state index contributed by atoms with van der Waals surface area (Å²) in [6, 6.07) is 9.92. The Morgan fingerprint density at radius 1 is 1.19 bits per heavy atom. The minimum atomic E-state index is -0.515. The van der Waals surface area contributed by atoms with Gasteiger partial charge in [-0.05, 0) is 43.7 Å². The van der Waals surface area contributed by atoms with Gasteiger partial charge in [0.2, 0.25) is 0 Å². The summed E-state index contributed by atoms with van der Waals surface area (Å²) < 4.78 is 11.9. The topological polar surface area (TPSA) is 42.6 Å². The largest absolute Gasteiger partial charge is 0.458 e. The summed E-state index contributed by atoms with van der Waals surface area (Å²) in [6.45, 7) is 0.766. The molecule has 2 fully saturated rings. The van der Waals surface area contributed by atoms with Crippen LogP contribution >= 0.6 is 0 Å². The van der Waals surface area contributed by atoms with Gasteiger partial charge >= 0.3 is 0 Å². The second-order valence-electron chi connectivity index (χ2n) is 6.62. The average Bonchev–Trinajstić information content (AvgIpc) is 3.13. The first-order chi connectivity index (χ1) is 10.3. The molecule has 2 heterocycles. The van der Waals surface area contributed by atoms with Crippen molar-refractivity contribution in [3.05, 3.63) is 36.1 Å². The summed E-state index contributed by atoms with van der Waals surface area (Å²) in [5.74, 6) is 0.952. The van der Waals surface area contributed by atoms with E-state index in [1.165, 1.54) is 12.8 Å². The maximum Gasteiger partial charge on any atom is 0.134 e. The van der Waals surface area contributed by atoms with E-state index in [9.17, 15) is 5.11 Å². The Hall–Kier alpha value is -1.32. The van der Waals surface area contributed by atoms with E-state index < -0.39 is 6.10 Å². The van der Waals surface area contributed by atoms with Crippen molar-refractivity contribution in [2.24, 2.45) is 5.92 Å². The number of ether oxygens (including phenoxy) is 1. The van der Waals surface area contributed by atoms with Crippen LogP contribution in [0.4, 0.5) is 0 Å². The lowest BCUT2D eigenvalue weighted by Gasteiger charge is -2.39. The van der Waals surface area contributed by atoms with Crippen molar-refractivity contribution >= 4 is 11.0 Å². The Kier molecular flexibility index (Phi) is 3.27. The molecule has 1 saturated carbocycles. The summed E-state index contributed by atoms with van der Waals surface area (Å²) >= 11 is 0. The Labute approximate surface area is 124 Å². The molecule has 1 N–H and O–H groups in total. The van der Waals surface area contributed by atoms with Gasteiger partial charge in [-0.1, -0.05) is 31.0 Å². The second kappa shape index (κ2) is 5.15. The van der Waals surface area contributed by atoms with Crippen LogP contribution in [0.25, 0.3) is 11.0 Å². The van der Waals surface area contributed by atoms with Gasteiger partial charge in [-0.3, -0.25) is 0 Å². The molecular formula is C18H22O3. The number of hydrogen-bond donors (Lipinski definition) is 1. The Morgan fingerprint density at radius 3 is 2.81 bits per heavy atom. The summed E-state index contributed by atoms with van der Waals surface area (Å²) in [5, 5.41) is 11.8. The molecule has 1 aliphatic heterocycles. The summed E-state index contributed by atoms with van der Waals surface area (Å²) in [7, 11) is 0. The van der Waals surface area contributed by atoms with Crippen LogP contribution in [0.3, 0.4) is 0 Å². The predicted molar refractivity (Wildman–Crippen MR) is 81.0 cm³/mol. The van der Waals surface area contributed by atoms with E-state index in [2.05, 4.69) is 0 Å². The molecule has 112 valence electrons. The minimum absolute atomic E-state index is 0.0376. The monoisotopic (exact) mass is 286 g/mol. The number of furan rings is 1. The van der Waals surface area contributed by atoms with Gasteiger partial charge in [0.25, 0.3) is 0 Å². The molecule has 1 saturated heterocycles. The van der Waals surface area contributed by atoms with Gasteiger partial charge in [0.15, 0.2) is 0 Å². The van der Waals surface area contributed by atoms with Crippen LogP contribution in [0.5, 0.6) is 0 Å². The first-order valence-corrected chi connectivity index (χ1v) is 8.06. The number of para-hydroxylation sites is 1. The van der Waals surface area contributed by atoms with Crippen LogP contribution in [0.15, 0.2) is 34.7 Å². The van der Waals surface area contributed by atoms with E-state index in [0.717, 1.165) is 43.3 Å². The standard InChI is InChI=1S/C18H22O3/c19-17(16-11-13-5-1-2-6-15(13)21-16)14-7-10-20-18(12-14)8-3-4-9-18/h1-2,5-6,11,14,17,19H,3-4,7-10,12H2. The fourth-order valence-electron chi connectivity index (χ4n) is 4.08. The molecule has 3 nitrogen and oxygen atoms in total. The molecule has 1 aromatic carbocycles. The van der Waals surface area contributed by atoms with Crippen LogP contribution in [0.2, 0.25) is 0 Å². The third-order valence-electron chi connectivity index (χ3n) is 5.23. The van der Waals surface area contributed by atoms with Crippen molar-refractivity contribution in [1.29, 1.82) is 0 Å². The highest BCUT2D eigenvalue weighted by atomic mass is 16.5. The average molecular weight is 286 g/mol. The Bertz CT molecular complexity index is 591. The van der Waals surface area contributed by atoms with Gasteiger partial charge in [0.1, 0.15) is 17.4 Å². The zero-order valence-corrected chi connectivity index (χ0v) is 12.3. The van der Waals surface area contributed by atoms with Gasteiger partial charge in [-0.25, -0.2) is 0 Å². The maximum atomic E-state index is 10.7. The molecular weight excluding hydrogens is 264 g/mol. The van der Waals surface area contributed by atoms with E-state index in [1.54, 1.807) is 0 Å². The highest BCUT2D eigenvalue weighted by molar-refractivity contribution is 5.77. The lowest BCUT2D eigenvalue weighted by Crippen LogP contribution is -2.39. The fourth-order valence-corrected chi connectivity index (χ4v) is 4.08. The number of hydrogen-bond acceptors (Lipinski definition) is 3. The second-order valence-corrected chi connectivity index (χ2v) is 6.62. The molecule has 21 heavy (non-hydrogen) atoms. The van der Waals surface area contributed by atoms with Crippen molar-refractivity contribution in [1.82, 2.24) is 0 Å². The quantitative estimate of drug-likeness (QED) is 0.899. The van der Waals surface area contributed by atoms with Gasteiger partial charge in [0, 0.05) is 12.0 Å². The van der Waals surface area contributed by atoms with Crippen molar-refractivity contribution < 1.29 is 14.3 Å². The Morgan fingerprint density at radius 2 is 2.00 bits per heavy atom. The molecule has 1 aromatic heterocycles. The summed E-state index contributed by atoms with van der Waals surface area (Å²) in [5.41, 5.74) is 0.893. The van der Waals surface area contributed by atoms with E-state index >= 15 is 0 Å². The molecule has 0 amide bonds. The molecule has 2 aliphatic rings. The van der Waals surface area contributed by atoms with Crippen LogP contribution in [-0.4, -0.2) is 17.3 Å². The van der Waals surface area contributed by atoms with Crippen molar-refractivity contribution in [3.63, 3.8) is 0 Å². The lowest BCUT2D eigenvalue weighted by atomic mass is 9.81. The number of aliphatic hydroxyl groups is 1. The minimum Gasteiger partial charge on any atom is -0.458 e. The number of fused-ring (bicyclic) bond motifs is 1. The van der Waals surface area contributed by atoms with Crippen LogP contribution < -0.4 is 0 Å².